The summed E-state index contributed by atoms with van der Waals surface area (Å²) in [6.45, 7) is 6.16. The number of amides is 1. The van der Waals surface area contributed by atoms with Gasteiger partial charge in [0.1, 0.15) is 11.4 Å². The molecule has 2 saturated carbocycles. The summed E-state index contributed by atoms with van der Waals surface area (Å²) in [5, 5.41) is 7.60. The topological polar surface area (TPSA) is 88.1 Å². The van der Waals surface area contributed by atoms with E-state index in [1.807, 2.05) is 0 Å². The van der Waals surface area contributed by atoms with Crippen molar-refractivity contribution >= 4 is 52.7 Å². The van der Waals surface area contributed by atoms with E-state index < -0.39 is 17.5 Å². The summed E-state index contributed by atoms with van der Waals surface area (Å²) in [4.78, 5) is 28.6. The Balaban J connectivity index is 1.94. The van der Waals surface area contributed by atoms with Gasteiger partial charge in [0, 0.05) is 25.1 Å². The molecule has 10 heteroatoms. The number of benzene rings is 1. The summed E-state index contributed by atoms with van der Waals surface area (Å²) >= 11 is 18.9. The lowest BCUT2D eigenvalue weighted by molar-refractivity contribution is -0.599. The van der Waals surface area contributed by atoms with Gasteiger partial charge in [0.15, 0.2) is 11.8 Å². The van der Waals surface area contributed by atoms with Crippen LogP contribution in [0.25, 0.3) is 0 Å². The summed E-state index contributed by atoms with van der Waals surface area (Å²) in [6, 6.07) is 1.61. The number of carbonyl (C=O) groups excluding carboxylic acids is 2. The minimum absolute atomic E-state index is 0.0522. The first kappa shape index (κ1) is 29.7. The van der Waals surface area contributed by atoms with Crippen molar-refractivity contribution in [3.8, 4) is 0 Å². The molecule has 1 amide bonds. The molecule has 0 radical (unpaired) electrons. The zero-order chi connectivity index (χ0) is 27.5. The summed E-state index contributed by atoms with van der Waals surface area (Å²) in [5.74, 6) is -1.20. The number of Topliss-reactive ketones (excluding diaryl/α,β-unsaturated/α-hetero) is 1. The maximum atomic E-state index is 13.9. The van der Waals surface area contributed by atoms with Crippen molar-refractivity contribution in [3.63, 3.8) is 0 Å². The van der Waals surface area contributed by atoms with Gasteiger partial charge in [0.25, 0.3) is 5.91 Å². The highest BCUT2D eigenvalue weighted by atomic mass is 35.5. The molecular formula is C27H35Cl3FN4O2+. The Hall–Kier alpha value is -1.83. The molecule has 2 fully saturated rings. The molecule has 202 valence electrons. The van der Waals surface area contributed by atoms with Crippen molar-refractivity contribution in [2.45, 2.75) is 84.2 Å². The molecule has 2 aliphatic carbocycles. The number of hydrogen-bond acceptors (Lipinski definition) is 4. The van der Waals surface area contributed by atoms with Gasteiger partial charge in [0.2, 0.25) is 0 Å². The normalized spacial score (nSPS) is 22.7. The Bertz CT molecular complexity index is 1080. The third-order valence-corrected chi connectivity index (χ3v) is 8.75. The fourth-order valence-electron chi connectivity index (χ4n) is 5.26. The number of carbonyl (C=O) groups is 2. The van der Waals surface area contributed by atoms with E-state index in [4.69, 9.17) is 45.7 Å². The van der Waals surface area contributed by atoms with Crippen LogP contribution in [-0.4, -0.2) is 46.1 Å². The van der Waals surface area contributed by atoms with Gasteiger partial charge in [-0.3, -0.25) is 9.59 Å². The third kappa shape index (κ3) is 7.18. The van der Waals surface area contributed by atoms with E-state index in [9.17, 15) is 14.0 Å². The molecule has 0 saturated heterocycles. The number of rotatable bonds is 8. The van der Waals surface area contributed by atoms with Crippen LogP contribution in [0.1, 0.15) is 82.5 Å². The lowest BCUT2D eigenvalue weighted by Gasteiger charge is -2.40. The second kappa shape index (κ2) is 12.4. The van der Waals surface area contributed by atoms with E-state index in [1.54, 1.807) is 0 Å². The van der Waals surface area contributed by atoms with Gasteiger partial charge in [0.05, 0.1) is 22.2 Å². The van der Waals surface area contributed by atoms with Crippen molar-refractivity contribution in [2.24, 2.45) is 11.3 Å². The molecule has 1 aromatic carbocycles. The number of ketones is 1. The maximum absolute atomic E-state index is 13.9. The first-order valence-corrected chi connectivity index (χ1v) is 13.9. The van der Waals surface area contributed by atoms with E-state index in [0.717, 1.165) is 61.6 Å². The van der Waals surface area contributed by atoms with Crippen LogP contribution in [0.3, 0.4) is 0 Å². The quantitative estimate of drug-likeness (QED) is 0.0830. The molecule has 2 N–H and O–H groups in total. The molecule has 0 unspecified atom stereocenters. The van der Waals surface area contributed by atoms with E-state index in [0.29, 0.717) is 18.8 Å². The van der Waals surface area contributed by atoms with Crippen molar-refractivity contribution in [1.82, 2.24) is 4.90 Å². The monoisotopic (exact) mass is 571 g/mol. The molecule has 0 aliphatic heterocycles. The summed E-state index contributed by atoms with van der Waals surface area (Å²) in [5.41, 5.74) is 8.52. The summed E-state index contributed by atoms with van der Waals surface area (Å²) in [6.07, 6.45) is 7.41. The molecule has 3 rings (SSSR count). The van der Waals surface area contributed by atoms with Gasteiger partial charge in [-0.1, -0.05) is 54.2 Å². The van der Waals surface area contributed by atoms with Gasteiger partial charge < -0.3 is 10.3 Å². The minimum Gasteiger partial charge on any atom is -0.328 e. The Labute approximate surface area is 233 Å². The van der Waals surface area contributed by atoms with E-state index in [2.05, 4.69) is 20.8 Å². The molecule has 1 aromatic rings. The molecule has 2 aliphatic rings. The van der Waals surface area contributed by atoms with Crippen LogP contribution in [0, 0.1) is 28.1 Å². The minimum atomic E-state index is -0.664. The lowest BCUT2D eigenvalue weighted by Crippen LogP contribution is -2.47. The van der Waals surface area contributed by atoms with E-state index >= 15 is 0 Å². The Kier molecular flexibility index (Phi) is 9.92. The fourth-order valence-corrected chi connectivity index (χ4v) is 6.20. The van der Waals surface area contributed by atoms with Crippen LogP contribution in [0.15, 0.2) is 22.9 Å². The van der Waals surface area contributed by atoms with Gasteiger partial charge in [-0.15, -0.1) is 0 Å². The molecule has 0 atom stereocenters. The van der Waals surface area contributed by atoms with Crippen molar-refractivity contribution in [1.29, 1.82) is 10.9 Å². The van der Waals surface area contributed by atoms with Gasteiger partial charge >= 0.3 is 5.16 Å². The van der Waals surface area contributed by atoms with Crippen LogP contribution >= 0.6 is 34.8 Å². The molecule has 0 heterocycles. The molecular weight excluding hydrogens is 538 g/mol. The second-order valence-electron chi connectivity index (χ2n) is 11.1. The van der Waals surface area contributed by atoms with Crippen LogP contribution in [0.2, 0.25) is 10.0 Å². The van der Waals surface area contributed by atoms with E-state index in [1.165, 1.54) is 4.90 Å². The lowest BCUT2D eigenvalue weighted by atomic mass is 9.75. The Morgan fingerprint density at radius 1 is 1.11 bits per heavy atom. The maximum Gasteiger partial charge on any atom is 0.314 e. The zero-order valence-electron chi connectivity index (χ0n) is 21.6. The van der Waals surface area contributed by atoms with Crippen LogP contribution in [-0.2, 0) is 4.79 Å². The number of nitrogens with zero attached hydrogens (tertiary/aromatic N) is 2. The zero-order valence-corrected chi connectivity index (χ0v) is 23.8. The smallest absolute Gasteiger partial charge is 0.314 e. The van der Waals surface area contributed by atoms with Crippen LogP contribution < -0.4 is 0 Å². The van der Waals surface area contributed by atoms with Crippen molar-refractivity contribution in [3.05, 3.63) is 44.3 Å². The SMILES string of the molecule is CC1CCC([N+](=N)C(Cl)=C(C=N)C(=O)N(CC(=O)c2c(Cl)cc(F)cc2Cl)C2CCC(C)(C)CC2)CC1. The van der Waals surface area contributed by atoms with Crippen LogP contribution in [0.5, 0.6) is 0 Å². The third-order valence-electron chi connectivity index (χ3n) is 7.77. The molecule has 0 aromatic heterocycles. The number of nitrogens with one attached hydrogen (secondary N) is 2. The fraction of sp³-hybridized carbons (Fsp3) is 0.593. The number of halogens is 4. The number of hydrogen-bond donors (Lipinski definition) is 2. The standard InChI is InChI=1S/C27H35Cl3FN4O2/c1-16-4-6-19(7-5-16)35(33)25(30)20(14-32)26(37)34(18-8-10-27(2,3)11-9-18)15-23(36)24-21(28)12-17(31)13-22(24)29/h12-14,16,18-19,32-33H,4-11,15H2,1-3H3/q+1. The highest BCUT2D eigenvalue weighted by Gasteiger charge is 2.38. The molecule has 0 spiro atoms. The van der Waals surface area contributed by atoms with Crippen molar-refractivity contribution < 1.29 is 18.7 Å². The highest BCUT2D eigenvalue weighted by Crippen LogP contribution is 2.38. The average Bonchev–Trinajstić information content (AvgIpc) is 2.82. The molecule has 0 bridgehead atoms. The Morgan fingerprint density at radius 2 is 1.65 bits per heavy atom. The first-order chi connectivity index (χ1) is 17.3. The van der Waals surface area contributed by atoms with Crippen LogP contribution in [0.4, 0.5) is 4.39 Å². The highest BCUT2D eigenvalue weighted by molar-refractivity contribution is 6.40. The average molecular weight is 573 g/mol. The Morgan fingerprint density at radius 3 is 2.16 bits per heavy atom. The van der Waals surface area contributed by atoms with Gasteiger partial charge in [-0.2, -0.15) is 0 Å². The summed E-state index contributed by atoms with van der Waals surface area (Å²) < 4.78 is 14.8. The predicted octanol–water partition coefficient (Wildman–Crippen LogP) is 7.83. The molecule has 6 nitrogen and oxygen atoms in total. The van der Waals surface area contributed by atoms with Gasteiger partial charge in [-0.25, -0.2) is 4.39 Å². The van der Waals surface area contributed by atoms with E-state index in [-0.39, 0.29) is 50.4 Å². The summed E-state index contributed by atoms with van der Waals surface area (Å²) in [7, 11) is 0. The largest absolute Gasteiger partial charge is 0.328 e. The second-order valence-corrected chi connectivity index (χ2v) is 12.3. The predicted molar refractivity (Wildman–Crippen MR) is 145 cm³/mol. The molecule has 37 heavy (non-hydrogen) atoms. The van der Waals surface area contributed by atoms with Crippen molar-refractivity contribution in [2.75, 3.05) is 6.54 Å². The van der Waals surface area contributed by atoms with Gasteiger partial charge in [-0.05, 0) is 73.6 Å². The first-order valence-electron chi connectivity index (χ1n) is 12.7.